The van der Waals surface area contributed by atoms with Gasteiger partial charge in [0.25, 0.3) is 0 Å². The van der Waals surface area contributed by atoms with Crippen LogP contribution in [0.15, 0.2) is 0 Å². The minimum absolute atomic E-state index is 0.498. The molecule has 0 aromatic carbocycles. The van der Waals surface area contributed by atoms with Crippen LogP contribution in [0.25, 0.3) is 0 Å². The summed E-state index contributed by atoms with van der Waals surface area (Å²) in [7, 11) is -1.76. The summed E-state index contributed by atoms with van der Waals surface area (Å²) in [4.78, 5) is 0. The van der Waals surface area contributed by atoms with E-state index in [1.54, 1.807) is 0 Å². The first kappa shape index (κ1) is 22.5. The van der Waals surface area contributed by atoms with E-state index in [4.69, 9.17) is 4.52 Å². The van der Waals surface area contributed by atoms with Crippen LogP contribution in [0.2, 0.25) is 25.7 Å². The molecule has 0 unspecified atom stereocenters. The first-order chi connectivity index (χ1) is 9.88. The lowest BCUT2D eigenvalue weighted by Gasteiger charge is -2.45. The van der Waals surface area contributed by atoms with Gasteiger partial charge in [-0.1, -0.05) is 19.6 Å². The molecule has 0 aliphatic carbocycles. The molecule has 3 nitrogen and oxygen atoms in total. The number of hydrogen-bond donors (Lipinski definition) is 0. The fourth-order valence-electron chi connectivity index (χ4n) is 2.67. The summed E-state index contributed by atoms with van der Waals surface area (Å²) in [5.74, 6) is 0. The first-order valence-electron chi connectivity index (χ1n) is 8.88. The van der Waals surface area contributed by atoms with Crippen LogP contribution in [-0.4, -0.2) is 48.2 Å². The van der Waals surface area contributed by atoms with Gasteiger partial charge in [0.15, 0.2) is 8.45 Å². The lowest BCUT2D eigenvalue weighted by molar-refractivity contribution is 0.191. The van der Waals surface area contributed by atoms with Gasteiger partial charge in [0.1, 0.15) is 0 Å². The molecule has 0 N–H and O–H groups in total. The van der Waals surface area contributed by atoms with Crippen molar-refractivity contribution in [2.45, 2.75) is 105 Å². The van der Waals surface area contributed by atoms with Crippen molar-refractivity contribution in [1.29, 1.82) is 0 Å². The van der Waals surface area contributed by atoms with Gasteiger partial charge in [-0.2, -0.15) is 0 Å². The van der Waals surface area contributed by atoms with Gasteiger partial charge in [0, 0.05) is 32.2 Å². The Morgan fingerprint density at radius 2 is 1.05 bits per heavy atom. The van der Waals surface area contributed by atoms with Crippen LogP contribution in [-0.2, 0) is 4.52 Å². The molecule has 22 heavy (non-hydrogen) atoms. The summed E-state index contributed by atoms with van der Waals surface area (Å²) in [6, 6.07) is 3.23. The van der Waals surface area contributed by atoms with E-state index in [0.29, 0.717) is 24.2 Å². The van der Waals surface area contributed by atoms with Crippen LogP contribution in [0.4, 0.5) is 0 Å². The molecule has 0 heterocycles. The first-order valence-corrected chi connectivity index (χ1v) is 13.7. The minimum atomic E-state index is -1.05. The molecule has 0 aliphatic rings. The smallest absolute Gasteiger partial charge is 0.188 e. The van der Waals surface area contributed by atoms with E-state index in [1.807, 2.05) is 0 Å². The third-order valence-corrected chi connectivity index (χ3v) is 8.33. The van der Waals surface area contributed by atoms with Crippen LogP contribution in [0.1, 0.15) is 55.4 Å². The van der Waals surface area contributed by atoms with Crippen molar-refractivity contribution in [2.24, 2.45) is 0 Å². The summed E-state index contributed by atoms with van der Waals surface area (Å²) >= 11 is 0. The number of rotatable bonds is 10. The average molecular weight is 349 g/mol. The molecule has 0 saturated heterocycles. The SMILES string of the molecule is CC(C)N(C(C)C)P(OCC[Si](C)(C)C)N(C(C)C)C(C)C. The van der Waals surface area contributed by atoms with Crippen molar-refractivity contribution in [3.05, 3.63) is 0 Å². The zero-order valence-corrected chi connectivity index (χ0v) is 18.9. The maximum atomic E-state index is 6.54. The zero-order valence-electron chi connectivity index (χ0n) is 17.0. The predicted molar refractivity (Wildman–Crippen MR) is 105 cm³/mol. The maximum Gasteiger partial charge on any atom is 0.188 e. The normalized spacial score (nSPS) is 13.9. The molecule has 0 fully saturated rings. The van der Waals surface area contributed by atoms with E-state index in [1.165, 1.54) is 6.04 Å². The summed E-state index contributed by atoms with van der Waals surface area (Å²) < 4.78 is 11.7. The molecule has 0 aromatic heterocycles. The lowest BCUT2D eigenvalue weighted by atomic mass is 10.3. The van der Waals surface area contributed by atoms with Crippen molar-refractivity contribution in [1.82, 2.24) is 9.34 Å². The van der Waals surface area contributed by atoms with Crippen LogP contribution >= 0.6 is 8.45 Å². The molecule has 0 bridgehead atoms. The molecule has 0 rings (SSSR count). The molecule has 0 aliphatic heterocycles. The average Bonchev–Trinajstić information content (AvgIpc) is 2.24. The molecule has 134 valence electrons. The van der Waals surface area contributed by atoms with Gasteiger partial charge < -0.3 is 4.52 Å². The highest BCUT2D eigenvalue weighted by molar-refractivity contribution is 7.47. The Labute approximate surface area is 142 Å². The Balaban J connectivity index is 5.27. The van der Waals surface area contributed by atoms with Crippen molar-refractivity contribution >= 4 is 16.5 Å². The van der Waals surface area contributed by atoms with Gasteiger partial charge >= 0.3 is 0 Å². The summed E-state index contributed by atoms with van der Waals surface area (Å²) in [5.41, 5.74) is 0. The molecular weight excluding hydrogens is 307 g/mol. The van der Waals surface area contributed by atoms with Crippen LogP contribution in [0.5, 0.6) is 0 Å². The lowest BCUT2D eigenvalue weighted by Crippen LogP contribution is -2.43. The Kier molecular flexibility index (Phi) is 9.97. The van der Waals surface area contributed by atoms with Gasteiger partial charge in [-0.25, -0.2) is 9.34 Å². The van der Waals surface area contributed by atoms with E-state index in [9.17, 15) is 0 Å². The Morgan fingerprint density at radius 3 is 1.27 bits per heavy atom. The second-order valence-corrected chi connectivity index (χ2v) is 15.8. The summed E-state index contributed by atoms with van der Waals surface area (Å²) in [6.45, 7) is 26.5. The highest BCUT2D eigenvalue weighted by Crippen LogP contribution is 2.50. The molecule has 0 spiro atoms. The fraction of sp³-hybridized carbons (Fsp3) is 1.00. The van der Waals surface area contributed by atoms with Gasteiger partial charge in [0.05, 0.1) is 6.61 Å². The predicted octanol–water partition coefficient (Wildman–Crippen LogP) is 5.81. The third kappa shape index (κ3) is 7.87. The van der Waals surface area contributed by atoms with Crippen molar-refractivity contribution in [3.63, 3.8) is 0 Å². The zero-order chi connectivity index (χ0) is 17.7. The molecule has 0 radical (unpaired) electrons. The van der Waals surface area contributed by atoms with E-state index in [2.05, 4.69) is 84.4 Å². The molecule has 0 saturated carbocycles. The second-order valence-electron chi connectivity index (χ2n) is 8.53. The van der Waals surface area contributed by atoms with Crippen LogP contribution < -0.4 is 0 Å². The van der Waals surface area contributed by atoms with Crippen LogP contribution in [0, 0.1) is 0 Å². The molecule has 5 heteroatoms. The number of nitrogens with zero attached hydrogens (tertiary/aromatic N) is 2. The second kappa shape index (κ2) is 9.73. The number of hydrogen-bond acceptors (Lipinski definition) is 3. The largest absolute Gasteiger partial charge is 0.332 e. The van der Waals surface area contributed by atoms with Gasteiger partial charge in [-0.05, 0) is 61.4 Å². The van der Waals surface area contributed by atoms with E-state index >= 15 is 0 Å². The Hall–Kier alpha value is 0.527. The molecular formula is C17H41N2OPSi. The molecule has 0 atom stereocenters. The molecule has 0 amide bonds. The maximum absolute atomic E-state index is 6.54. The van der Waals surface area contributed by atoms with E-state index < -0.39 is 16.5 Å². The monoisotopic (exact) mass is 348 g/mol. The highest BCUT2D eigenvalue weighted by atomic mass is 31.2. The fourth-order valence-corrected chi connectivity index (χ4v) is 5.90. The van der Waals surface area contributed by atoms with E-state index in [0.717, 1.165) is 6.61 Å². The highest BCUT2D eigenvalue weighted by Gasteiger charge is 2.34. The summed E-state index contributed by atoms with van der Waals surface area (Å²) in [6.07, 6.45) is 0. The van der Waals surface area contributed by atoms with Gasteiger partial charge in [-0.3, -0.25) is 0 Å². The Bertz CT molecular complexity index is 268. The quantitative estimate of drug-likeness (QED) is 0.366. The van der Waals surface area contributed by atoms with Crippen molar-refractivity contribution in [2.75, 3.05) is 6.61 Å². The molecule has 0 aromatic rings. The van der Waals surface area contributed by atoms with Crippen molar-refractivity contribution in [3.8, 4) is 0 Å². The van der Waals surface area contributed by atoms with Gasteiger partial charge in [0.2, 0.25) is 0 Å². The Morgan fingerprint density at radius 1 is 0.727 bits per heavy atom. The van der Waals surface area contributed by atoms with Crippen molar-refractivity contribution < 1.29 is 4.52 Å². The topological polar surface area (TPSA) is 15.7 Å². The third-order valence-electron chi connectivity index (χ3n) is 3.57. The summed E-state index contributed by atoms with van der Waals surface area (Å²) in [5, 5.41) is 0. The van der Waals surface area contributed by atoms with Crippen LogP contribution in [0.3, 0.4) is 0 Å². The standard InChI is InChI=1S/C17H41N2OPSi/c1-14(2)18(15(3)4)21(19(16(5)6)17(7)8)20-12-13-22(9,10)11/h14-17H,12-13H2,1-11H3. The van der Waals surface area contributed by atoms with Gasteiger partial charge in [-0.15, -0.1) is 0 Å². The minimum Gasteiger partial charge on any atom is -0.332 e. The van der Waals surface area contributed by atoms with E-state index in [-0.39, 0.29) is 0 Å².